The number of rotatable bonds is 7. The number of nitrogens with zero attached hydrogens (tertiary/aromatic N) is 5. The molecule has 1 aliphatic rings. The molecule has 0 saturated carbocycles. The lowest BCUT2D eigenvalue weighted by atomic mass is 10.2. The van der Waals surface area contributed by atoms with Crippen molar-refractivity contribution in [2.75, 3.05) is 37.7 Å². The summed E-state index contributed by atoms with van der Waals surface area (Å²) in [5.74, 6) is 0.267. The van der Waals surface area contributed by atoms with Crippen molar-refractivity contribution in [2.45, 2.75) is 64.9 Å². The summed E-state index contributed by atoms with van der Waals surface area (Å²) >= 11 is 0. The van der Waals surface area contributed by atoms with Crippen LogP contribution in [0.3, 0.4) is 0 Å². The highest BCUT2D eigenvalue weighted by Crippen LogP contribution is 2.29. The molecule has 1 saturated heterocycles. The van der Waals surface area contributed by atoms with Gasteiger partial charge in [-0.25, -0.2) is 9.48 Å². The zero-order valence-electron chi connectivity index (χ0n) is 19.3. The van der Waals surface area contributed by atoms with Gasteiger partial charge in [-0.1, -0.05) is 19.6 Å². The summed E-state index contributed by atoms with van der Waals surface area (Å²) in [6.07, 6.45) is -0.225. The molecule has 11 nitrogen and oxygen atoms in total. The Balaban J connectivity index is 2.15. The Morgan fingerprint density at radius 2 is 2.00 bits per heavy atom. The van der Waals surface area contributed by atoms with Crippen LogP contribution in [0.25, 0.3) is 0 Å². The number of hydrogen-bond acceptors (Lipinski definition) is 8. The fourth-order valence-electron chi connectivity index (χ4n) is 3.12. The van der Waals surface area contributed by atoms with E-state index in [0.717, 1.165) is 6.04 Å². The molecule has 0 bridgehead atoms. The van der Waals surface area contributed by atoms with Crippen LogP contribution in [0.15, 0.2) is 6.20 Å². The second kappa shape index (κ2) is 9.96. The highest BCUT2D eigenvalue weighted by atomic mass is 28.3. The molecule has 1 fully saturated rings. The van der Waals surface area contributed by atoms with Crippen molar-refractivity contribution < 1.29 is 24.3 Å². The van der Waals surface area contributed by atoms with E-state index in [1.54, 1.807) is 25.7 Å². The van der Waals surface area contributed by atoms with Crippen LogP contribution in [0, 0.1) is 10.1 Å². The van der Waals surface area contributed by atoms with Crippen LogP contribution in [0.4, 0.5) is 16.3 Å². The minimum Gasteiger partial charge on any atom is -0.444 e. The minimum atomic E-state index is -1.26. The van der Waals surface area contributed by atoms with E-state index in [4.69, 9.17) is 9.47 Å². The monoisotopic (exact) mass is 457 g/mol. The number of nitro groups is 1. The fraction of sp³-hybridized carbons (Fsp3) is 0.789. The Morgan fingerprint density at radius 3 is 2.58 bits per heavy atom. The van der Waals surface area contributed by atoms with E-state index < -0.39 is 30.8 Å². The first kappa shape index (κ1) is 25.1. The first-order valence-corrected chi connectivity index (χ1v) is 14.2. The maximum Gasteiger partial charge on any atom is 0.410 e. The summed E-state index contributed by atoms with van der Waals surface area (Å²) in [6.45, 7) is 13.4. The summed E-state index contributed by atoms with van der Waals surface area (Å²) in [5.41, 5.74) is -0.815. The molecule has 176 valence electrons. The molecule has 12 heteroatoms. The van der Waals surface area contributed by atoms with Gasteiger partial charge in [-0.2, -0.15) is 5.10 Å². The Morgan fingerprint density at radius 1 is 1.32 bits per heavy atom. The van der Waals surface area contributed by atoms with E-state index in [1.165, 1.54) is 15.8 Å². The first-order valence-electron chi connectivity index (χ1n) is 10.5. The van der Waals surface area contributed by atoms with E-state index in [9.17, 15) is 20.0 Å². The van der Waals surface area contributed by atoms with Gasteiger partial charge in [0.2, 0.25) is 5.82 Å². The van der Waals surface area contributed by atoms with Crippen molar-refractivity contribution in [1.29, 1.82) is 0 Å². The SMILES string of the molecule is CC(C)(C)OC(=O)N1CCN(c2c([N+](=O)[O-])cnn2COCC[Si](C)(C)C)CC(O)C1. The zero-order chi connectivity index (χ0) is 23.4. The largest absolute Gasteiger partial charge is 0.444 e. The van der Waals surface area contributed by atoms with Crippen molar-refractivity contribution in [1.82, 2.24) is 14.7 Å². The zero-order valence-corrected chi connectivity index (χ0v) is 20.3. The van der Waals surface area contributed by atoms with Crippen molar-refractivity contribution in [2.24, 2.45) is 0 Å². The second-order valence-electron chi connectivity index (χ2n) is 9.98. The molecule has 31 heavy (non-hydrogen) atoms. The number of carbonyl (C=O) groups excluding carboxylic acids is 1. The minimum absolute atomic E-state index is 0.0794. The van der Waals surface area contributed by atoms with Gasteiger partial charge in [0.15, 0.2) is 0 Å². The molecule has 1 aromatic heterocycles. The molecule has 1 unspecified atom stereocenters. The van der Waals surface area contributed by atoms with Crippen LogP contribution >= 0.6 is 0 Å². The van der Waals surface area contributed by atoms with E-state index in [1.807, 2.05) is 0 Å². The summed E-state index contributed by atoms with van der Waals surface area (Å²) in [5, 5.41) is 26.2. The molecule has 2 rings (SSSR count). The van der Waals surface area contributed by atoms with Crippen molar-refractivity contribution in [3.05, 3.63) is 16.3 Å². The number of aliphatic hydroxyl groups excluding tert-OH is 1. The lowest BCUT2D eigenvalue weighted by Crippen LogP contribution is -2.41. The molecular formula is C19H35N5O6Si. The van der Waals surface area contributed by atoms with Crippen LogP contribution in [-0.4, -0.2) is 83.4 Å². The second-order valence-corrected chi connectivity index (χ2v) is 15.6. The number of ether oxygens (including phenoxy) is 2. The highest BCUT2D eigenvalue weighted by molar-refractivity contribution is 6.76. The average molecular weight is 458 g/mol. The Kier molecular flexibility index (Phi) is 8.06. The van der Waals surface area contributed by atoms with E-state index in [0.29, 0.717) is 6.61 Å². The third-order valence-corrected chi connectivity index (χ3v) is 6.36. The van der Waals surface area contributed by atoms with Gasteiger partial charge in [-0.05, 0) is 26.8 Å². The molecule has 0 aliphatic carbocycles. The summed E-state index contributed by atoms with van der Waals surface area (Å²) in [7, 11) is -1.26. The highest BCUT2D eigenvalue weighted by Gasteiger charge is 2.33. The van der Waals surface area contributed by atoms with Crippen LogP contribution < -0.4 is 4.90 Å². The molecule has 2 heterocycles. The Bertz CT molecular complexity index is 773. The number of β-amino-alcohol motifs (C(OH)–C–C–N with tert-alkyl or cyclic N) is 1. The van der Waals surface area contributed by atoms with Gasteiger partial charge in [0.05, 0.1) is 17.6 Å². The standard InChI is InChI=1S/C19H35N5O6Si/c1-19(2,3)30-18(26)22-8-7-21(12-15(25)13-22)17-16(24(27)28)11-20-23(17)14-29-9-10-31(4,5)6/h11,15,25H,7-10,12-14H2,1-6H3. The van der Waals surface area contributed by atoms with Crippen molar-refractivity contribution in [3.8, 4) is 0 Å². The Hall–Kier alpha value is -2.18. The van der Waals surface area contributed by atoms with Gasteiger partial charge >= 0.3 is 11.8 Å². The molecule has 1 amide bonds. The third-order valence-electron chi connectivity index (χ3n) is 4.65. The maximum absolute atomic E-state index is 12.4. The van der Waals surface area contributed by atoms with Gasteiger partial charge in [0.1, 0.15) is 18.5 Å². The number of aliphatic hydroxyl groups is 1. The molecule has 1 aromatic rings. The third kappa shape index (κ3) is 7.78. The predicted octanol–water partition coefficient (Wildman–Crippen LogP) is 2.52. The smallest absolute Gasteiger partial charge is 0.410 e. The fourth-order valence-corrected chi connectivity index (χ4v) is 3.88. The van der Waals surface area contributed by atoms with Crippen LogP contribution in [0.2, 0.25) is 25.7 Å². The van der Waals surface area contributed by atoms with Crippen LogP contribution in [-0.2, 0) is 16.2 Å². The molecule has 1 aliphatic heterocycles. The lowest BCUT2D eigenvalue weighted by Gasteiger charge is -2.27. The molecular weight excluding hydrogens is 422 g/mol. The van der Waals surface area contributed by atoms with E-state index >= 15 is 0 Å². The van der Waals surface area contributed by atoms with Gasteiger partial charge in [-0.3, -0.25) is 10.1 Å². The van der Waals surface area contributed by atoms with Crippen LogP contribution in [0.1, 0.15) is 20.8 Å². The molecule has 0 radical (unpaired) electrons. The molecule has 1 N–H and O–H groups in total. The van der Waals surface area contributed by atoms with Gasteiger partial charge in [0, 0.05) is 34.3 Å². The molecule has 0 aromatic carbocycles. The maximum atomic E-state index is 12.4. The molecule has 1 atom stereocenters. The lowest BCUT2D eigenvalue weighted by molar-refractivity contribution is -0.384. The van der Waals surface area contributed by atoms with Crippen LogP contribution in [0.5, 0.6) is 0 Å². The summed E-state index contributed by atoms with van der Waals surface area (Å²) < 4.78 is 12.6. The van der Waals surface area contributed by atoms with Gasteiger partial charge < -0.3 is 24.4 Å². The number of aromatic nitrogens is 2. The number of hydrogen-bond donors (Lipinski definition) is 1. The van der Waals surface area contributed by atoms with Crippen molar-refractivity contribution in [3.63, 3.8) is 0 Å². The van der Waals surface area contributed by atoms with Crippen molar-refractivity contribution >= 4 is 25.7 Å². The normalized spacial score (nSPS) is 18.1. The molecule has 0 spiro atoms. The number of carbonyl (C=O) groups is 1. The number of amides is 1. The summed E-state index contributed by atoms with van der Waals surface area (Å²) in [4.78, 5) is 26.6. The van der Waals surface area contributed by atoms with Gasteiger partial charge in [-0.15, -0.1) is 0 Å². The quantitative estimate of drug-likeness (QED) is 0.287. The summed E-state index contributed by atoms with van der Waals surface area (Å²) in [6, 6.07) is 0.971. The first-order chi connectivity index (χ1) is 14.3. The topological polar surface area (TPSA) is 123 Å². The van der Waals surface area contributed by atoms with E-state index in [2.05, 4.69) is 24.7 Å². The number of anilines is 1. The Labute approximate surface area is 184 Å². The van der Waals surface area contributed by atoms with Gasteiger partial charge in [0.25, 0.3) is 0 Å². The predicted molar refractivity (Wildman–Crippen MR) is 119 cm³/mol. The average Bonchev–Trinajstić information content (AvgIpc) is 2.92. The van der Waals surface area contributed by atoms with E-state index in [-0.39, 0.29) is 44.4 Å².